The molecule has 0 unspecified atom stereocenters. The average Bonchev–Trinajstić information content (AvgIpc) is 2.55. The molecule has 0 amide bonds. The third-order valence-corrected chi connectivity index (χ3v) is 4.66. The van der Waals surface area contributed by atoms with Gasteiger partial charge in [0.05, 0.1) is 17.7 Å². The van der Waals surface area contributed by atoms with E-state index in [-0.39, 0.29) is 11.1 Å². The van der Waals surface area contributed by atoms with Crippen molar-refractivity contribution in [3.8, 4) is 0 Å². The van der Waals surface area contributed by atoms with Crippen molar-refractivity contribution in [1.82, 2.24) is 0 Å². The van der Waals surface area contributed by atoms with Gasteiger partial charge in [-0.05, 0) is 48.8 Å². The van der Waals surface area contributed by atoms with Crippen LogP contribution in [-0.2, 0) is 17.6 Å². The van der Waals surface area contributed by atoms with Crippen molar-refractivity contribution in [2.75, 3.05) is 6.61 Å². The molecular weight excluding hydrogens is 340 g/mol. The Morgan fingerprint density at radius 2 is 1.92 bits per heavy atom. The normalized spacial score (nSPS) is 11.0. The maximum Gasteiger partial charge on any atom is 0.339 e. The molecule has 0 fully saturated rings. The van der Waals surface area contributed by atoms with Gasteiger partial charge in [-0.1, -0.05) is 52.1 Å². The Balaban J connectivity index is 3.29. The Bertz CT molecular complexity index is 608. The van der Waals surface area contributed by atoms with Crippen LogP contribution in [-0.4, -0.2) is 23.7 Å². The first-order valence-electron chi connectivity index (χ1n) is 9.08. The lowest BCUT2D eigenvalue weighted by Gasteiger charge is -2.17. The summed E-state index contributed by atoms with van der Waals surface area (Å²) in [6.45, 7) is 8.48. The molecule has 0 saturated heterocycles. The summed E-state index contributed by atoms with van der Waals surface area (Å²) >= 11 is 6.46. The highest BCUT2D eigenvalue weighted by Crippen LogP contribution is 2.31. The van der Waals surface area contributed by atoms with E-state index in [0.29, 0.717) is 36.0 Å². The van der Waals surface area contributed by atoms with E-state index in [0.717, 1.165) is 31.2 Å². The van der Waals surface area contributed by atoms with Crippen LogP contribution in [0.4, 0.5) is 0 Å². The summed E-state index contributed by atoms with van der Waals surface area (Å²) in [6.07, 6.45) is 4.63. The van der Waals surface area contributed by atoms with Crippen molar-refractivity contribution in [2.24, 2.45) is 5.92 Å². The molecule has 0 aliphatic rings. The molecule has 25 heavy (non-hydrogen) atoms. The van der Waals surface area contributed by atoms with Crippen molar-refractivity contribution < 1.29 is 19.4 Å². The van der Waals surface area contributed by atoms with Gasteiger partial charge in [-0.15, -0.1) is 0 Å². The zero-order valence-corrected chi connectivity index (χ0v) is 16.4. The highest BCUT2D eigenvalue weighted by molar-refractivity contribution is 6.33. The van der Waals surface area contributed by atoms with E-state index in [1.165, 1.54) is 0 Å². The highest BCUT2D eigenvalue weighted by atomic mass is 35.5. The van der Waals surface area contributed by atoms with E-state index in [9.17, 15) is 14.7 Å². The number of aryl methyl sites for hydroxylation is 1. The quantitative estimate of drug-likeness (QED) is 0.435. The zero-order chi connectivity index (χ0) is 19.0. The maximum absolute atomic E-state index is 12.4. The summed E-state index contributed by atoms with van der Waals surface area (Å²) in [6, 6.07) is 1.58. The largest absolute Gasteiger partial charge is 0.478 e. The Labute approximate surface area is 155 Å². The number of esters is 1. The molecule has 0 radical (unpaired) electrons. The number of carbonyl (C=O) groups is 2. The lowest BCUT2D eigenvalue weighted by Crippen LogP contribution is -2.16. The summed E-state index contributed by atoms with van der Waals surface area (Å²) in [4.78, 5) is 24.3. The monoisotopic (exact) mass is 368 g/mol. The molecule has 1 rings (SSSR count). The number of carboxylic acid groups (broad SMARTS) is 1. The Kier molecular flexibility index (Phi) is 8.98. The molecule has 0 atom stereocenters. The van der Waals surface area contributed by atoms with Crippen molar-refractivity contribution in [3.05, 3.63) is 33.3 Å². The summed E-state index contributed by atoms with van der Waals surface area (Å²) in [5.41, 5.74) is 1.45. The van der Waals surface area contributed by atoms with Crippen LogP contribution < -0.4 is 0 Å². The van der Waals surface area contributed by atoms with Crippen LogP contribution in [0.5, 0.6) is 0 Å². The molecular formula is C20H29ClO4. The molecule has 0 aromatic heterocycles. The summed E-state index contributed by atoms with van der Waals surface area (Å²) in [5.74, 6) is -1.19. The first-order valence-corrected chi connectivity index (χ1v) is 9.45. The molecule has 1 N–H and O–H groups in total. The highest BCUT2D eigenvalue weighted by Gasteiger charge is 2.25. The number of aromatic carboxylic acids is 1. The maximum atomic E-state index is 12.4. The molecule has 0 aliphatic carbocycles. The van der Waals surface area contributed by atoms with Crippen LogP contribution in [0.2, 0.25) is 5.02 Å². The number of hydrogen-bond acceptors (Lipinski definition) is 3. The second kappa shape index (κ2) is 10.4. The van der Waals surface area contributed by atoms with Gasteiger partial charge >= 0.3 is 11.9 Å². The number of unbranched alkanes of at least 4 members (excludes halogenated alkanes) is 1. The minimum Gasteiger partial charge on any atom is -0.478 e. The predicted molar refractivity (Wildman–Crippen MR) is 101 cm³/mol. The molecule has 0 bridgehead atoms. The van der Waals surface area contributed by atoms with Crippen molar-refractivity contribution >= 4 is 23.5 Å². The van der Waals surface area contributed by atoms with Gasteiger partial charge in [-0.2, -0.15) is 0 Å². The summed E-state index contributed by atoms with van der Waals surface area (Å²) in [7, 11) is 0. The van der Waals surface area contributed by atoms with Crippen molar-refractivity contribution in [2.45, 2.75) is 66.2 Å². The van der Waals surface area contributed by atoms with E-state index in [1.54, 1.807) is 6.07 Å². The van der Waals surface area contributed by atoms with Gasteiger partial charge < -0.3 is 9.84 Å². The van der Waals surface area contributed by atoms with Crippen LogP contribution in [0.1, 0.15) is 85.2 Å². The number of benzene rings is 1. The zero-order valence-electron chi connectivity index (χ0n) is 15.7. The molecule has 0 heterocycles. The minimum atomic E-state index is -1.13. The number of hydrogen-bond donors (Lipinski definition) is 1. The molecule has 1 aromatic rings. The van der Waals surface area contributed by atoms with Crippen LogP contribution in [0.15, 0.2) is 6.07 Å². The number of ether oxygens (including phenoxy) is 1. The second-order valence-corrected chi connectivity index (χ2v) is 7.06. The smallest absolute Gasteiger partial charge is 0.339 e. The molecule has 0 spiro atoms. The van der Waals surface area contributed by atoms with Crippen LogP contribution in [0, 0.1) is 5.92 Å². The predicted octanol–water partition coefficient (Wildman–Crippen LogP) is 5.54. The van der Waals surface area contributed by atoms with Gasteiger partial charge in [0.1, 0.15) is 0 Å². The van der Waals surface area contributed by atoms with E-state index in [4.69, 9.17) is 16.3 Å². The Morgan fingerprint density at radius 1 is 1.24 bits per heavy atom. The molecule has 4 nitrogen and oxygen atoms in total. The third kappa shape index (κ3) is 6.03. The molecule has 0 aliphatic heterocycles. The first kappa shape index (κ1) is 21.5. The first-order chi connectivity index (χ1) is 11.8. The fourth-order valence-corrected chi connectivity index (χ4v) is 3.12. The topological polar surface area (TPSA) is 63.6 Å². The number of halogens is 1. The van der Waals surface area contributed by atoms with Gasteiger partial charge in [0, 0.05) is 5.02 Å². The SMILES string of the molecule is CCCCOC(=O)c1cc(CC)c(Cl)c(CCCC(C)C)c1C(=O)O. The van der Waals surface area contributed by atoms with Crippen LogP contribution in [0.25, 0.3) is 0 Å². The van der Waals surface area contributed by atoms with E-state index in [2.05, 4.69) is 13.8 Å². The van der Waals surface area contributed by atoms with Gasteiger partial charge in [-0.3, -0.25) is 0 Å². The van der Waals surface area contributed by atoms with Gasteiger partial charge in [0.25, 0.3) is 0 Å². The lowest BCUT2D eigenvalue weighted by atomic mass is 9.92. The fraction of sp³-hybridized carbons (Fsp3) is 0.600. The molecule has 1 aromatic carbocycles. The van der Waals surface area contributed by atoms with Gasteiger partial charge in [-0.25, -0.2) is 9.59 Å². The summed E-state index contributed by atoms with van der Waals surface area (Å²) in [5, 5.41) is 10.2. The van der Waals surface area contributed by atoms with Crippen molar-refractivity contribution in [1.29, 1.82) is 0 Å². The van der Waals surface area contributed by atoms with Crippen molar-refractivity contribution in [3.63, 3.8) is 0 Å². The van der Waals surface area contributed by atoms with E-state index >= 15 is 0 Å². The molecule has 0 saturated carbocycles. The van der Waals surface area contributed by atoms with Crippen LogP contribution >= 0.6 is 11.6 Å². The summed E-state index contributed by atoms with van der Waals surface area (Å²) < 4.78 is 5.25. The Hall–Kier alpha value is -1.55. The lowest BCUT2D eigenvalue weighted by molar-refractivity contribution is 0.0489. The average molecular weight is 369 g/mol. The van der Waals surface area contributed by atoms with E-state index < -0.39 is 11.9 Å². The van der Waals surface area contributed by atoms with Crippen LogP contribution in [0.3, 0.4) is 0 Å². The van der Waals surface area contributed by atoms with Gasteiger partial charge in [0.2, 0.25) is 0 Å². The molecule has 5 heteroatoms. The van der Waals surface area contributed by atoms with Gasteiger partial charge in [0.15, 0.2) is 0 Å². The number of rotatable bonds is 10. The third-order valence-electron chi connectivity index (χ3n) is 4.19. The number of carbonyl (C=O) groups excluding carboxylic acids is 1. The minimum absolute atomic E-state index is 0.00699. The molecule has 140 valence electrons. The van der Waals surface area contributed by atoms with E-state index in [1.807, 2.05) is 13.8 Å². The second-order valence-electron chi connectivity index (χ2n) is 6.69. The Morgan fingerprint density at radius 3 is 2.44 bits per heavy atom. The fourth-order valence-electron chi connectivity index (χ4n) is 2.75. The number of carboxylic acids is 1. The standard InChI is InChI=1S/C20H29ClO4/c1-5-7-11-25-20(24)16-12-14(6-2)18(21)15(17(16)19(22)23)10-8-9-13(3)4/h12-13H,5-11H2,1-4H3,(H,22,23).